The van der Waals surface area contributed by atoms with Crippen molar-refractivity contribution in [2.24, 2.45) is 0 Å². The van der Waals surface area contributed by atoms with Crippen molar-refractivity contribution in [1.29, 1.82) is 0 Å². The Morgan fingerprint density at radius 3 is 2.25 bits per heavy atom. The van der Waals surface area contributed by atoms with Gasteiger partial charge < -0.3 is 4.74 Å². The lowest BCUT2D eigenvalue weighted by molar-refractivity contribution is -0.133. The molecule has 0 spiro atoms. The maximum atomic E-state index is 11.2. The van der Waals surface area contributed by atoms with Crippen molar-refractivity contribution >= 4 is 5.97 Å². The molecule has 0 atom stereocenters. The fourth-order valence-corrected chi connectivity index (χ4v) is 1.56. The lowest BCUT2D eigenvalue weighted by Gasteiger charge is -2.03. The van der Waals surface area contributed by atoms with Gasteiger partial charge in [-0.3, -0.25) is 0 Å². The summed E-state index contributed by atoms with van der Waals surface area (Å²) in [5.41, 5.74) is 0.549. The first-order chi connectivity index (χ1) is 7.72. The van der Waals surface area contributed by atoms with E-state index in [1.807, 2.05) is 0 Å². The van der Waals surface area contributed by atoms with Crippen LogP contribution in [0.15, 0.2) is 25.0 Å². The van der Waals surface area contributed by atoms with Crippen molar-refractivity contribution < 1.29 is 9.53 Å². The molecule has 2 nitrogen and oxygen atoms in total. The first-order valence-corrected chi connectivity index (χ1v) is 6.22. The van der Waals surface area contributed by atoms with Crippen LogP contribution in [0.5, 0.6) is 0 Å². The van der Waals surface area contributed by atoms with E-state index in [1.165, 1.54) is 38.5 Å². The smallest absolute Gasteiger partial charge is 0.338 e. The van der Waals surface area contributed by atoms with Crippen LogP contribution < -0.4 is 0 Å². The van der Waals surface area contributed by atoms with Gasteiger partial charge in [0.05, 0.1) is 6.26 Å². The molecule has 92 valence electrons. The van der Waals surface area contributed by atoms with E-state index in [1.54, 1.807) is 0 Å². The molecule has 0 unspecified atom stereocenters. The van der Waals surface area contributed by atoms with Crippen LogP contribution in [0.3, 0.4) is 0 Å². The highest BCUT2D eigenvalue weighted by Gasteiger charge is 2.05. The topological polar surface area (TPSA) is 26.3 Å². The van der Waals surface area contributed by atoms with E-state index in [-0.39, 0.29) is 5.97 Å². The quantitative estimate of drug-likeness (QED) is 0.238. The summed E-state index contributed by atoms with van der Waals surface area (Å²) in [6.45, 7) is 9.25. The zero-order chi connectivity index (χ0) is 12.2. The lowest BCUT2D eigenvalue weighted by Crippen LogP contribution is -2.02. The average molecular weight is 224 g/mol. The van der Waals surface area contributed by atoms with E-state index in [0.29, 0.717) is 5.57 Å². The monoisotopic (exact) mass is 224 g/mol. The van der Waals surface area contributed by atoms with Gasteiger partial charge >= 0.3 is 5.97 Å². The number of carbonyl (C=O) groups is 1. The maximum absolute atomic E-state index is 11.2. The molecule has 0 saturated heterocycles. The molecule has 0 radical (unpaired) electrons. The molecule has 0 saturated carbocycles. The van der Waals surface area contributed by atoms with Gasteiger partial charge in [-0.2, -0.15) is 0 Å². The van der Waals surface area contributed by atoms with E-state index in [9.17, 15) is 4.79 Å². The SMILES string of the molecule is C=COC(=O)C(=C)CCCCCCCCC. The summed E-state index contributed by atoms with van der Waals surface area (Å²) >= 11 is 0. The zero-order valence-electron chi connectivity index (χ0n) is 10.5. The van der Waals surface area contributed by atoms with Crippen LogP contribution in [0, 0.1) is 0 Å². The van der Waals surface area contributed by atoms with Gasteiger partial charge in [0.1, 0.15) is 0 Å². The van der Waals surface area contributed by atoms with Gasteiger partial charge in [0.25, 0.3) is 0 Å². The summed E-state index contributed by atoms with van der Waals surface area (Å²) in [4.78, 5) is 11.2. The Kier molecular flexibility index (Phi) is 9.78. The van der Waals surface area contributed by atoms with Crippen molar-refractivity contribution in [2.45, 2.75) is 58.3 Å². The predicted octanol–water partition coefficient (Wildman–Crippen LogP) is 4.37. The van der Waals surface area contributed by atoms with Crippen molar-refractivity contribution in [3.8, 4) is 0 Å². The van der Waals surface area contributed by atoms with Crippen LogP contribution in [0.25, 0.3) is 0 Å². The van der Waals surface area contributed by atoms with Crippen LogP contribution in [-0.4, -0.2) is 5.97 Å². The molecule has 0 aromatic carbocycles. The molecule has 0 bridgehead atoms. The van der Waals surface area contributed by atoms with Crippen LogP contribution in [-0.2, 0) is 9.53 Å². The molecular weight excluding hydrogens is 200 g/mol. The molecule has 0 heterocycles. The minimum absolute atomic E-state index is 0.346. The first-order valence-electron chi connectivity index (χ1n) is 6.22. The second-order valence-electron chi connectivity index (χ2n) is 4.05. The molecule has 0 amide bonds. The highest BCUT2D eigenvalue weighted by Crippen LogP contribution is 2.12. The molecule has 0 aliphatic rings. The number of ether oxygens (including phenoxy) is 1. The molecule has 16 heavy (non-hydrogen) atoms. The van der Waals surface area contributed by atoms with Gasteiger partial charge in [-0.15, -0.1) is 0 Å². The lowest BCUT2D eigenvalue weighted by atomic mass is 10.1. The average Bonchev–Trinajstić information content (AvgIpc) is 2.28. The summed E-state index contributed by atoms with van der Waals surface area (Å²) in [7, 11) is 0. The van der Waals surface area contributed by atoms with E-state index in [2.05, 4.69) is 24.8 Å². The number of rotatable bonds is 10. The zero-order valence-corrected chi connectivity index (χ0v) is 10.5. The van der Waals surface area contributed by atoms with Crippen LogP contribution in [0.1, 0.15) is 58.3 Å². The first kappa shape index (κ1) is 14.9. The molecular formula is C14H24O2. The second-order valence-corrected chi connectivity index (χ2v) is 4.05. The summed E-state index contributed by atoms with van der Waals surface area (Å²) in [5.74, 6) is -0.346. The van der Waals surface area contributed by atoms with Crippen molar-refractivity contribution in [1.82, 2.24) is 0 Å². The molecule has 0 aromatic heterocycles. The van der Waals surface area contributed by atoms with Crippen LogP contribution in [0.4, 0.5) is 0 Å². The fraction of sp³-hybridized carbons (Fsp3) is 0.643. The molecule has 0 aliphatic carbocycles. The molecule has 0 aliphatic heterocycles. The Morgan fingerprint density at radius 1 is 1.12 bits per heavy atom. The Hall–Kier alpha value is -1.05. The third-order valence-corrected chi connectivity index (χ3v) is 2.56. The summed E-state index contributed by atoms with van der Waals surface area (Å²) < 4.78 is 4.64. The van der Waals surface area contributed by atoms with Gasteiger partial charge in [-0.05, 0) is 12.8 Å². The highest BCUT2D eigenvalue weighted by molar-refractivity contribution is 5.87. The van der Waals surface area contributed by atoms with Gasteiger partial charge in [0.15, 0.2) is 0 Å². The number of unbranched alkanes of at least 4 members (excludes halogenated alkanes) is 6. The van der Waals surface area contributed by atoms with Gasteiger partial charge in [0.2, 0.25) is 0 Å². The Morgan fingerprint density at radius 2 is 1.69 bits per heavy atom. The summed E-state index contributed by atoms with van der Waals surface area (Å²) in [5, 5.41) is 0. The molecule has 2 heteroatoms. The summed E-state index contributed by atoms with van der Waals surface area (Å²) in [6, 6.07) is 0. The fourth-order valence-electron chi connectivity index (χ4n) is 1.56. The van der Waals surface area contributed by atoms with Gasteiger partial charge in [-0.25, -0.2) is 4.79 Å². The van der Waals surface area contributed by atoms with Gasteiger partial charge in [-0.1, -0.05) is 58.6 Å². The molecule has 0 rings (SSSR count). The molecule has 0 fully saturated rings. The van der Waals surface area contributed by atoms with Crippen molar-refractivity contribution in [3.05, 3.63) is 25.0 Å². The Labute approximate surface area is 99.4 Å². The minimum atomic E-state index is -0.346. The third-order valence-electron chi connectivity index (χ3n) is 2.56. The second kappa shape index (κ2) is 10.5. The number of esters is 1. The van der Waals surface area contributed by atoms with Gasteiger partial charge in [0, 0.05) is 5.57 Å². The Balaban J connectivity index is 3.34. The highest BCUT2D eigenvalue weighted by atomic mass is 16.5. The number of hydrogen-bond donors (Lipinski definition) is 0. The van der Waals surface area contributed by atoms with E-state index in [0.717, 1.165) is 19.1 Å². The van der Waals surface area contributed by atoms with Crippen molar-refractivity contribution in [2.75, 3.05) is 0 Å². The number of hydrogen-bond acceptors (Lipinski definition) is 2. The van der Waals surface area contributed by atoms with E-state index < -0.39 is 0 Å². The molecule has 0 N–H and O–H groups in total. The van der Waals surface area contributed by atoms with E-state index in [4.69, 9.17) is 0 Å². The normalized spacial score (nSPS) is 9.81. The third kappa shape index (κ3) is 8.27. The predicted molar refractivity (Wildman–Crippen MR) is 68.0 cm³/mol. The minimum Gasteiger partial charge on any atom is -0.432 e. The maximum Gasteiger partial charge on any atom is 0.338 e. The van der Waals surface area contributed by atoms with E-state index >= 15 is 0 Å². The summed E-state index contributed by atoms with van der Waals surface area (Å²) in [6.07, 6.45) is 10.6. The standard InChI is InChI=1S/C14H24O2/c1-4-6-7-8-9-10-11-12-13(3)14(15)16-5-2/h5H,2-4,6-12H2,1H3. The van der Waals surface area contributed by atoms with Crippen LogP contribution >= 0.6 is 0 Å². The van der Waals surface area contributed by atoms with Crippen LogP contribution in [0.2, 0.25) is 0 Å². The Bertz CT molecular complexity index is 219. The van der Waals surface area contributed by atoms with Crippen molar-refractivity contribution in [3.63, 3.8) is 0 Å². The molecule has 0 aromatic rings. The number of carbonyl (C=O) groups excluding carboxylic acids is 1. The largest absolute Gasteiger partial charge is 0.432 e.